The first kappa shape index (κ1) is 171. The van der Waals surface area contributed by atoms with Crippen LogP contribution in [0, 0.1) is 0 Å². The van der Waals surface area contributed by atoms with Gasteiger partial charge in [-0.1, -0.05) is 0 Å². The summed E-state index contributed by atoms with van der Waals surface area (Å²) >= 11 is 0. The zero-order valence-electron chi connectivity index (χ0n) is 11.6. The molecule has 0 aliphatic heterocycles. The third kappa shape index (κ3) is 5770. The molecule has 0 aromatic carbocycles. The fraction of sp³-hybridized carbons (Fsp3) is 0. The number of hydrogen-bond donors (Lipinski definition) is 4. The second-order valence-corrected chi connectivity index (χ2v) is 2.69. The van der Waals surface area contributed by atoms with E-state index in [0.717, 1.165) is 0 Å². The van der Waals surface area contributed by atoms with E-state index in [0.29, 0.717) is 0 Å². The van der Waals surface area contributed by atoms with Crippen LogP contribution in [0.5, 0.6) is 0 Å². The predicted octanol–water partition coefficient (Wildman–Crippen LogP) is -11.6. The van der Waals surface area contributed by atoms with Crippen LogP contribution in [0.25, 0.3) is 0 Å². The van der Waals surface area contributed by atoms with Gasteiger partial charge in [0.15, 0.2) is 0 Å². The van der Waals surface area contributed by atoms with Gasteiger partial charge in [-0.15, -0.1) is 0 Å². The Labute approximate surface area is 188 Å². The second kappa shape index (κ2) is 74.4. The maximum Gasteiger partial charge on any atom is 0.394 e. The second-order valence-electron chi connectivity index (χ2n) is 0.896. The van der Waals surface area contributed by atoms with E-state index in [4.69, 9.17) is 35.0 Å². The van der Waals surface area contributed by atoms with Crippen molar-refractivity contribution in [2.75, 3.05) is 0 Å². The predicted molar refractivity (Wildman–Crippen MR) is 77.5 cm³/mol. The molecule has 0 aliphatic carbocycles. The quantitative estimate of drug-likeness (QED) is 0.181. The maximum absolute atomic E-state index is 8.74. The van der Waals surface area contributed by atoms with Gasteiger partial charge in [-0.25, -0.2) is 0 Å². The Morgan fingerprint density at radius 1 is 0.375 bits per heavy atom. The van der Waals surface area contributed by atoms with Crippen molar-refractivity contribution >= 4 is 72.2 Å². The molecule has 0 rings (SSSR count). The Hall–Kier alpha value is 1.43. The average molecular weight is 503 g/mol. The van der Waals surface area contributed by atoms with Crippen LogP contribution < -0.4 is 0 Å². The molecule has 0 bridgehead atoms. The molecule has 0 aromatic heterocycles. The van der Waals surface area contributed by atoms with E-state index < -0.39 is 20.8 Å². The van der Waals surface area contributed by atoms with Gasteiger partial charge >= 0.3 is 20.8 Å². The monoisotopic (exact) mass is 503 g/mol. The maximum atomic E-state index is 8.74. The number of rotatable bonds is 0. The van der Waals surface area contributed by atoms with Gasteiger partial charge in [-0.3, -0.25) is 18.2 Å². The van der Waals surface area contributed by atoms with E-state index in [2.05, 4.69) is 0 Å². The molecule has 0 heterocycles. The molecule has 24 heteroatoms. The van der Waals surface area contributed by atoms with E-state index in [1.54, 1.807) is 0 Å². The standard InChI is InChI=1S/Cr.K.2H2O4S.12H2O/c;;2*1-5(2,3)4;;;;;;;;;;;;/h;;2*(H2,1,2,3,4);12*1H2. The van der Waals surface area contributed by atoms with Gasteiger partial charge in [0.05, 0.1) is 0 Å². The van der Waals surface area contributed by atoms with E-state index in [-0.39, 0.29) is 134 Å². The molecule has 1 radical (unpaired) electrons. The van der Waals surface area contributed by atoms with Gasteiger partial charge in [-0.05, 0) is 0 Å². The molecule has 167 valence electrons. The van der Waals surface area contributed by atoms with Crippen molar-refractivity contribution in [2.24, 2.45) is 0 Å². The molecule has 0 amide bonds. The topological polar surface area (TPSA) is 527 Å². The summed E-state index contributed by atoms with van der Waals surface area (Å²) in [6, 6.07) is 0. The summed E-state index contributed by atoms with van der Waals surface area (Å²) in [5.41, 5.74) is 0. The van der Waals surface area contributed by atoms with Crippen LogP contribution in [0.3, 0.4) is 0 Å². The van der Waals surface area contributed by atoms with Crippen LogP contribution >= 0.6 is 0 Å². The Bertz CT molecular complexity index is 218. The van der Waals surface area contributed by atoms with Crippen molar-refractivity contribution in [1.82, 2.24) is 0 Å². The average Bonchev–Trinajstić information content (AvgIpc) is 1.12. The molecular weight excluding hydrogens is 475 g/mol. The summed E-state index contributed by atoms with van der Waals surface area (Å²) in [5, 5.41) is 0. The van der Waals surface area contributed by atoms with Crippen molar-refractivity contribution in [3.8, 4) is 0 Å². The molecule has 0 spiro atoms. The van der Waals surface area contributed by atoms with Crippen LogP contribution in [0.4, 0.5) is 0 Å². The molecule has 0 fully saturated rings. The minimum absolute atomic E-state index is 0. The first-order chi connectivity index (χ1) is 4.00. The van der Waals surface area contributed by atoms with Crippen molar-refractivity contribution < 1.29 is 118 Å². The van der Waals surface area contributed by atoms with E-state index >= 15 is 0 Å². The Balaban J connectivity index is -0.00000000241. The van der Waals surface area contributed by atoms with Gasteiger partial charge in [0.2, 0.25) is 0 Å². The zero-order valence-corrected chi connectivity index (χ0v) is 17.7. The largest absolute Gasteiger partial charge is 0.412 e. The van der Waals surface area contributed by atoms with Crippen LogP contribution in [0.15, 0.2) is 0 Å². The Kier molecular flexibility index (Phi) is 529. The van der Waals surface area contributed by atoms with E-state index in [1.165, 1.54) is 0 Å². The van der Waals surface area contributed by atoms with Gasteiger partial charge in [0.1, 0.15) is 0 Å². The summed E-state index contributed by atoms with van der Waals surface area (Å²) in [7, 11) is -9.33. The summed E-state index contributed by atoms with van der Waals surface area (Å²) in [4.78, 5) is 0. The smallest absolute Gasteiger partial charge is 0.394 e. The SMILES string of the molecule is O.O.O.O.O.O.O.O.O.O.O.O.O=S(=O)(O)O.O=S(=O)(O)O.[Cr].[K]. The molecule has 0 aliphatic rings. The van der Waals surface area contributed by atoms with Gasteiger partial charge in [0, 0.05) is 68.7 Å². The molecule has 0 saturated carbocycles. The third-order valence-corrected chi connectivity index (χ3v) is 0. The Morgan fingerprint density at radius 2 is 0.375 bits per heavy atom. The Morgan fingerprint density at radius 3 is 0.375 bits per heavy atom. The number of hydrogen-bond acceptors (Lipinski definition) is 4. The summed E-state index contributed by atoms with van der Waals surface area (Å²) in [6.07, 6.45) is 0. The van der Waals surface area contributed by atoms with Crippen LogP contribution in [0.1, 0.15) is 0 Å². The normalized spacial score (nSPS) is 4.83. The fourth-order valence-electron chi connectivity index (χ4n) is 0. The molecule has 24 heavy (non-hydrogen) atoms. The van der Waals surface area contributed by atoms with Crippen molar-refractivity contribution in [1.29, 1.82) is 0 Å². The summed E-state index contributed by atoms with van der Waals surface area (Å²) in [6.45, 7) is 0. The van der Waals surface area contributed by atoms with E-state index in [9.17, 15) is 0 Å². The summed E-state index contributed by atoms with van der Waals surface area (Å²) in [5.74, 6) is 0. The van der Waals surface area contributed by atoms with Crippen molar-refractivity contribution in [3.63, 3.8) is 0 Å². The van der Waals surface area contributed by atoms with Crippen molar-refractivity contribution in [2.45, 2.75) is 0 Å². The minimum Gasteiger partial charge on any atom is -0.412 e. The zero-order chi connectivity index (χ0) is 9.00. The first-order valence-corrected chi connectivity index (χ1v) is 4.19. The van der Waals surface area contributed by atoms with Crippen LogP contribution in [-0.2, 0) is 38.2 Å². The molecule has 0 atom stereocenters. The molecule has 20 nitrogen and oxygen atoms in total. The molecule has 0 saturated heterocycles. The summed E-state index contributed by atoms with van der Waals surface area (Å²) < 4.78 is 63.2. The minimum atomic E-state index is -4.67. The van der Waals surface area contributed by atoms with Gasteiger partial charge in [-0.2, -0.15) is 16.8 Å². The molecule has 0 unspecified atom stereocenters. The van der Waals surface area contributed by atoms with Crippen LogP contribution in [-0.4, -0.2) is 152 Å². The fourth-order valence-corrected chi connectivity index (χ4v) is 0. The van der Waals surface area contributed by atoms with Gasteiger partial charge in [0.25, 0.3) is 0 Å². The van der Waals surface area contributed by atoms with Gasteiger partial charge < -0.3 is 65.7 Å². The van der Waals surface area contributed by atoms with Crippen molar-refractivity contribution in [3.05, 3.63) is 0 Å². The molecule has 28 N–H and O–H groups in total. The molecular formula is H28CrKO20S2. The third-order valence-electron chi connectivity index (χ3n) is 0. The molecule has 0 aromatic rings. The van der Waals surface area contributed by atoms with Crippen LogP contribution in [0.2, 0.25) is 0 Å². The van der Waals surface area contributed by atoms with E-state index in [1.807, 2.05) is 0 Å². The first-order valence-electron chi connectivity index (χ1n) is 1.40.